The lowest BCUT2D eigenvalue weighted by molar-refractivity contribution is -0.133. The first-order valence-electron chi connectivity index (χ1n) is 9.99. The molecule has 1 aliphatic rings. The van der Waals surface area contributed by atoms with Crippen molar-refractivity contribution in [1.82, 2.24) is 15.2 Å². The lowest BCUT2D eigenvalue weighted by Crippen LogP contribution is -2.45. The van der Waals surface area contributed by atoms with E-state index in [-0.39, 0.29) is 18.1 Å². The van der Waals surface area contributed by atoms with Gasteiger partial charge in [-0.25, -0.2) is 18.6 Å². The maximum atomic E-state index is 12.7. The van der Waals surface area contributed by atoms with Crippen molar-refractivity contribution in [2.75, 3.05) is 13.2 Å². The average Bonchev–Trinajstić information content (AvgIpc) is 3.24. The number of sulfonamides is 1. The number of amides is 1. The number of aromatic nitrogens is 1. The lowest BCUT2D eigenvalue weighted by Gasteiger charge is -2.17. The quantitative estimate of drug-likeness (QED) is 0.365. The van der Waals surface area contributed by atoms with Crippen molar-refractivity contribution >= 4 is 26.8 Å². The van der Waals surface area contributed by atoms with Gasteiger partial charge in [-0.05, 0) is 43.3 Å². The number of hydrogen-bond acceptors (Lipinski definition) is 7. The second kappa shape index (κ2) is 9.21. The second-order valence-electron chi connectivity index (χ2n) is 7.55. The number of nitrogens with one attached hydrogen (secondary N) is 2. The summed E-state index contributed by atoms with van der Waals surface area (Å²) in [5.41, 5.74) is 4.30. The molecule has 1 aromatic heterocycles. The van der Waals surface area contributed by atoms with Crippen LogP contribution in [0.25, 0.3) is 10.9 Å². The topological polar surface area (TPSA) is 127 Å². The van der Waals surface area contributed by atoms with Crippen molar-refractivity contribution in [3.05, 3.63) is 65.9 Å². The summed E-state index contributed by atoms with van der Waals surface area (Å²) in [5.74, 6) is -0.988. The van der Waals surface area contributed by atoms with Crippen molar-refractivity contribution in [2.24, 2.45) is 5.92 Å². The molecule has 0 saturated carbocycles. The van der Waals surface area contributed by atoms with Crippen LogP contribution in [0, 0.1) is 12.8 Å². The third kappa shape index (κ3) is 4.73. The molecule has 10 heteroatoms. The maximum Gasteiger partial charge on any atom is 0.250 e. The first kappa shape index (κ1) is 22.2. The molecule has 9 nitrogen and oxygen atoms in total. The highest BCUT2D eigenvalue weighted by molar-refractivity contribution is 7.89. The SMILES string of the molecule is Cc1cc(COc2ccc(S(=O)(=O)N[C@H]3COC[C@H]3C(=O)NO)cc2)c2ccccc2n1. The van der Waals surface area contributed by atoms with Crippen molar-refractivity contribution in [2.45, 2.75) is 24.5 Å². The van der Waals surface area contributed by atoms with E-state index in [9.17, 15) is 13.2 Å². The fourth-order valence-electron chi connectivity index (χ4n) is 3.67. The number of rotatable bonds is 7. The maximum absolute atomic E-state index is 12.7. The summed E-state index contributed by atoms with van der Waals surface area (Å²) in [5, 5.41) is 9.82. The molecule has 3 N–H and O–H groups in total. The van der Waals surface area contributed by atoms with Gasteiger partial charge in [-0.1, -0.05) is 18.2 Å². The van der Waals surface area contributed by atoms with Gasteiger partial charge in [0.1, 0.15) is 12.4 Å². The Kier molecular flexibility index (Phi) is 6.38. The normalized spacial score (nSPS) is 18.6. The summed E-state index contributed by atoms with van der Waals surface area (Å²) in [6, 6.07) is 15.0. The molecule has 4 rings (SSSR count). The van der Waals surface area contributed by atoms with E-state index in [0.717, 1.165) is 22.2 Å². The minimum absolute atomic E-state index is 0.0233. The minimum Gasteiger partial charge on any atom is -0.489 e. The standard InChI is InChI=1S/C22H23N3O6S/c1-14-10-15(18-4-2-3-5-20(18)23-14)11-31-16-6-8-17(9-7-16)32(28,29)25-21-13-30-12-19(21)22(26)24-27/h2-10,19,21,25,27H,11-13H2,1H3,(H,24,26)/t19-,21+/m1/s1. The Morgan fingerprint density at radius 1 is 1.19 bits per heavy atom. The van der Waals surface area contributed by atoms with Crippen molar-refractivity contribution in [3.63, 3.8) is 0 Å². The average molecular weight is 458 g/mol. The van der Waals surface area contributed by atoms with E-state index in [0.29, 0.717) is 12.4 Å². The molecule has 0 unspecified atom stereocenters. The monoisotopic (exact) mass is 457 g/mol. The Bertz CT molecular complexity index is 1230. The molecule has 0 spiro atoms. The first-order valence-corrected chi connectivity index (χ1v) is 11.5. The molecule has 1 aliphatic heterocycles. The molecular formula is C22H23N3O6S. The Labute approximate surface area is 185 Å². The van der Waals surface area contributed by atoms with Crippen LogP contribution < -0.4 is 14.9 Å². The molecule has 2 atom stereocenters. The van der Waals surface area contributed by atoms with Crippen LogP contribution >= 0.6 is 0 Å². The van der Waals surface area contributed by atoms with E-state index >= 15 is 0 Å². The number of pyridine rings is 1. The zero-order valence-electron chi connectivity index (χ0n) is 17.3. The second-order valence-corrected chi connectivity index (χ2v) is 9.26. The van der Waals surface area contributed by atoms with Crippen LogP contribution in [0.2, 0.25) is 0 Å². The van der Waals surface area contributed by atoms with Gasteiger partial charge in [-0.2, -0.15) is 0 Å². The number of para-hydroxylation sites is 1. The number of hydroxylamine groups is 1. The van der Waals surface area contributed by atoms with Gasteiger partial charge in [0.05, 0.1) is 35.6 Å². The van der Waals surface area contributed by atoms with Crippen LogP contribution in [0.3, 0.4) is 0 Å². The smallest absolute Gasteiger partial charge is 0.250 e. The fraction of sp³-hybridized carbons (Fsp3) is 0.273. The molecule has 1 saturated heterocycles. The molecule has 3 aromatic rings. The Balaban J connectivity index is 1.45. The zero-order valence-corrected chi connectivity index (χ0v) is 18.1. The molecule has 168 valence electrons. The number of nitrogens with zero attached hydrogens (tertiary/aromatic N) is 1. The molecule has 0 bridgehead atoms. The van der Waals surface area contributed by atoms with Crippen LogP contribution in [0.5, 0.6) is 5.75 Å². The van der Waals surface area contributed by atoms with Gasteiger partial charge in [-0.3, -0.25) is 15.0 Å². The number of aryl methyl sites for hydroxylation is 1. The summed E-state index contributed by atoms with van der Waals surface area (Å²) in [6.45, 7) is 2.30. The van der Waals surface area contributed by atoms with Gasteiger partial charge in [0.15, 0.2) is 0 Å². The number of fused-ring (bicyclic) bond motifs is 1. The first-order chi connectivity index (χ1) is 15.4. The third-order valence-electron chi connectivity index (χ3n) is 5.29. The zero-order chi connectivity index (χ0) is 22.7. The molecule has 2 aromatic carbocycles. The van der Waals surface area contributed by atoms with Crippen molar-refractivity contribution in [1.29, 1.82) is 0 Å². The van der Waals surface area contributed by atoms with Gasteiger partial charge in [0, 0.05) is 16.6 Å². The molecule has 1 fully saturated rings. The number of hydrogen-bond donors (Lipinski definition) is 3. The van der Waals surface area contributed by atoms with E-state index in [2.05, 4.69) is 9.71 Å². The van der Waals surface area contributed by atoms with E-state index in [1.165, 1.54) is 17.6 Å². The van der Waals surface area contributed by atoms with Crippen LogP contribution in [-0.4, -0.2) is 43.8 Å². The largest absolute Gasteiger partial charge is 0.489 e. The molecule has 0 aliphatic carbocycles. The summed E-state index contributed by atoms with van der Waals surface area (Å²) >= 11 is 0. The number of carbonyl (C=O) groups excluding carboxylic acids is 1. The summed E-state index contributed by atoms with van der Waals surface area (Å²) in [4.78, 5) is 16.2. The summed E-state index contributed by atoms with van der Waals surface area (Å²) < 4.78 is 38.9. The van der Waals surface area contributed by atoms with Gasteiger partial charge < -0.3 is 9.47 Å². The van der Waals surface area contributed by atoms with Crippen LogP contribution in [0.15, 0.2) is 59.5 Å². The third-order valence-corrected chi connectivity index (χ3v) is 6.80. The Morgan fingerprint density at radius 3 is 2.69 bits per heavy atom. The predicted molar refractivity (Wildman–Crippen MR) is 116 cm³/mol. The highest BCUT2D eigenvalue weighted by Crippen LogP contribution is 2.23. The summed E-state index contributed by atoms with van der Waals surface area (Å²) in [7, 11) is -3.89. The van der Waals surface area contributed by atoms with E-state index in [1.54, 1.807) is 12.1 Å². The number of carbonyl (C=O) groups is 1. The molecule has 32 heavy (non-hydrogen) atoms. The van der Waals surface area contributed by atoms with Crippen molar-refractivity contribution < 1.29 is 27.9 Å². The molecule has 0 radical (unpaired) electrons. The predicted octanol–water partition coefficient (Wildman–Crippen LogP) is 1.92. The van der Waals surface area contributed by atoms with Crippen LogP contribution in [0.1, 0.15) is 11.3 Å². The summed E-state index contributed by atoms with van der Waals surface area (Å²) in [6.07, 6.45) is 0. The van der Waals surface area contributed by atoms with Gasteiger partial charge in [0.25, 0.3) is 0 Å². The molecule has 2 heterocycles. The highest BCUT2D eigenvalue weighted by Gasteiger charge is 2.37. The lowest BCUT2D eigenvalue weighted by atomic mass is 10.0. The van der Waals surface area contributed by atoms with E-state index < -0.39 is 27.9 Å². The number of ether oxygens (including phenoxy) is 2. The van der Waals surface area contributed by atoms with Gasteiger partial charge in [0.2, 0.25) is 15.9 Å². The number of benzene rings is 2. The molecule has 1 amide bonds. The minimum atomic E-state index is -3.89. The van der Waals surface area contributed by atoms with E-state index in [1.807, 2.05) is 37.3 Å². The Morgan fingerprint density at radius 2 is 1.94 bits per heavy atom. The molecular weight excluding hydrogens is 434 g/mol. The Hall–Kier alpha value is -3.05. The highest BCUT2D eigenvalue weighted by atomic mass is 32.2. The fourth-order valence-corrected chi connectivity index (χ4v) is 4.93. The van der Waals surface area contributed by atoms with E-state index in [4.69, 9.17) is 14.7 Å². The van der Waals surface area contributed by atoms with Gasteiger partial charge in [-0.15, -0.1) is 0 Å². The van der Waals surface area contributed by atoms with Crippen LogP contribution in [-0.2, 0) is 26.2 Å². The van der Waals surface area contributed by atoms with Gasteiger partial charge >= 0.3 is 0 Å². The van der Waals surface area contributed by atoms with Crippen molar-refractivity contribution in [3.8, 4) is 5.75 Å². The van der Waals surface area contributed by atoms with Crippen LogP contribution in [0.4, 0.5) is 0 Å².